The molecular formula is C16H32N2O. The Morgan fingerprint density at radius 1 is 1.16 bits per heavy atom. The molecule has 1 heterocycles. The van der Waals surface area contributed by atoms with E-state index in [4.69, 9.17) is 4.74 Å². The lowest BCUT2D eigenvalue weighted by Crippen LogP contribution is -2.50. The minimum atomic E-state index is 0.110. The summed E-state index contributed by atoms with van der Waals surface area (Å²) in [5, 5.41) is 3.43. The van der Waals surface area contributed by atoms with Crippen LogP contribution >= 0.6 is 0 Å². The van der Waals surface area contributed by atoms with Gasteiger partial charge in [-0.25, -0.2) is 0 Å². The van der Waals surface area contributed by atoms with Gasteiger partial charge in [-0.3, -0.25) is 0 Å². The smallest absolute Gasteiger partial charge is 0.0666 e. The predicted molar refractivity (Wildman–Crippen MR) is 80.5 cm³/mol. The van der Waals surface area contributed by atoms with E-state index in [1.807, 2.05) is 0 Å². The zero-order valence-electron chi connectivity index (χ0n) is 13.2. The molecular weight excluding hydrogens is 236 g/mol. The molecule has 0 aromatic rings. The fourth-order valence-electron chi connectivity index (χ4n) is 3.76. The Balaban J connectivity index is 1.87. The molecule has 2 unspecified atom stereocenters. The standard InChI is InChI=1S/C16H32N2O/c1-5-16(2)12-15(10-11-19-16)18(4)14-8-6-13(17-3)7-9-14/h13-15,17H,5-12H2,1-4H3. The molecule has 2 atom stereocenters. The lowest BCUT2D eigenvalue weighted by atomic mass is 9.85. The number of hydrogen-bond donors (Lipinski definition) is 1. The first-order valence-electron chi connectivity index (χ1n) is 8.11. The highest BCUT2D eigenvalue weighted by Gasteiger charge is 2.36. The van der Waals surface area contributed by atoms with Gasteiger partial charge in [0.05, 0.1) is 5.60 Å². The zero-order valence-corrected chi connectivity index (χ0v) is 13.2. The van der Waals surface area contributed by atoms with Gasteiger partial charge >= 0.3 is 0 Å². The first-order chi connectivity index (χ1) is 9.08. The molecule has 3 nitrogen and oxygen atoms in total. The summed E-state index contributed by atoms with van der Waals surface area (Å²) in [4.78, 5) is 2.67. The molecule has 3 heteroatoms. The van der Waals surface area contributed by atoms with Crippen LogP contribution in [-0.2, 0) is 4.74 Å². The van der Waals surface area contributed by atoms with Gasteiger partial charge in [0.1, 0.15) is 0 Å². The molecule has 2 fully saturated rings. The predicted octanol–water partition coefficient (Wildman–Crippen LogP) is 2.80. The lowest BCUT2D eigenvalue weighted by molar-refractivity contribution is -0.0997. The Morgan fingerprint density at radius 3 is 2.42 bits per heavy atom. The maximum Gasteiger partial charge on any atom is 0.0666 e. The Kier molecular flexibility index (Phi) is 5.27. The van der Waals surface area contributed by atoms with Crippen molar-refractivity contribution in [2.45, 2.75) is 82.5 Å². The van der Waals surface area contributed by atoms with Crippen molar-refractivity contribution in [3.05, 3.63) is 0 Å². The number of hydrogen-bond acceptors (Lipinski definition) is 3. The monoisotopic (exact) mass is 268 g/mol. The Hall–Kier alpha value is -0.120. The van der Waals surface area contributed by atoms with Crippen LogP contribution in [0.5, 0.6) is 0 Å². The number of ether oxygens (including phenoxy) is 1. The van der Waals surface area contributed by atoms with Gasteiger partial charge in [-0.15, -0.1) is 0 Å². The van der Waals surface area contributed by atoms with E-state index in [1.54, 1.807) is 0 Å². The molecule has 0 aromatic carbocycles. The third-order valence-corrected chi connectivity index (χ3v) is 5.57. The Bertz CT molecular complexity index is 276. The van der Waals surface area contributed by atoms with Crippen LogP contribution in [0, 0.1) is 0 Å². The second-order valence-corrected chi connectivity index (χ2v) is 6.76. The van der Waals surface area contributed by atoms with Crippen molar-refractivity contribution in [2.75, 3.05) is 20.7 Å². The summed E-state index contributed by atoms with van der Waals surface area (Å²) >= 11 is 0. The van der Waals surface area contributed by atoms with Crippen molar-refractivity contribution in [1.29, 1.82) is 0 Å². The molecule has 1 saturated carbocycles. The molecule has 2 aliphatic rings. The quantitative estimate of drug-likeness (QED) is 0.848. The third kappa shape index (κ3) is 3.71. The van der Waals surface area contributed by atoms with E-state index in [1.165, 1.54) is 38.5 Å². The highest BCUT2D eigenvalue weighted by molar-refractivity contribution is 4.90. The van der Waals surface area contributed by atoms with Gasteiger partial charge in [0.2, 0.25) is 0 Å². The SMILES string of the molecule is CCC1(C)CC(N(C)C2CCC(NC)CC2)CCO1. The molecule has 0 spiro atoms. The van der Waals surface area contributed by atoms with Gasteiger partial charge in [-0.1, -0.05) is 6.92 Å². The molecule has 0 radical (unpaired) electrons. The van der Waals surface area contributed by atoms with Gasteiger partial charge in [-0.2, -0.15) is 0 Å². The van der Waals surface area contributed by atoms with Crippen molar-refractivity contribution >= 4 is 0 Å². The molecule has 2 rings (SSSR count). The van der Waals surface area contributed by atoms with Crippen LogP contribution in [0.4, 0.5) is 0 Å². The minimum absolute atomic E-state index is 0.110. The van der Waals surface area contributed by atoms with Crippen molar-refractivity contribution in [2.24, 2.45) is 0 Å². The molecule has 112 valence electrons. The summed E-state index contributed by atoms with van der Waals surface area (Å²) in [7, 11) is 4.44. The third-order valence-electron chi connectivity index (χ3n) is 5.57. The summed E-state index contributed by atoms with van der Waals surface area (Å²) in [5.74, 6) is 0. The van der Waals surface area contributed by atoms with Crippen LogP contribution in [0.2, 0.25) is 0 Å². The maximum absolute atomic E-state index is 5.98. The van der Waals surface area contributed by atoms with Crippen molar-refractivity contribution in [3.63, 3.8) is 0 Å². The van der Waals surface area contributed by atoms with Crippen LogP contribution < -0.4 is 5.32 Å². The first kappa shape index (κ1) is 15.3. The molecule has 1 aliphatic heterocycles. The van der Waals surface area contributed by atoms with Crippen LogP contribution in [0.25, 0.3) is 0 Å². The van der Waals surface area contributed by atoms with E-state index in [0.29, 0.717) is 0 Å². The van der Waals surface area contributed by atoms with Crippen LogP contribution in [0.3, 0.4) is 0 Å². The number of rotatable bonds is 4. The fourth-order valence-corrected chi connectivity index (χ4v) is 3.76. The lowest BCUT2D eigenvalue weighted by Gasteiger charge is -2.45. The average Bonchev–Trinajstić information content (AvgIpc) is 2.46. The summed E-state index contributed by atoms with van der Waals surface area (Å²) in [5.41, 5.74) is 0.110. The van der Waals surface area contributed by atoms with E-state index >= 15 is 0 Å². The molecule has 0 amide bonds. The Morgan fingerprint density at radius 2 is 1.84 bits per heavy atom. The summed E-state index contributed by atoms with van der Waals surface area (Å²) < 4.78 is 5.98. The second kappa shape index (κ2) is 6.55. The number of nitrogens with zero attached hydrogens (tertiary/aromatic N) is 1. The zero-order chi connectivity index (χ0) is 13.9. The normalized spacial score (nSPS) is 40.6. The highest BCUT2D eigenvalue weighted by atomic mass is 16.5. The van der Waals surface area contributed by atoms with Crippen LogP contribution in [0.15, 0.2) is 0 Å². The molecule has 1 aliphatic carbocycles. The minimum Gasteiger partial charge on any atom is -0.375 e. The molecule has 0 bridgehead atoms. The summed E-state index contributed by atoms with van der Waals surface area (Å²) in [6.07, 6.45) is 8.90. The van der Waals surface area contributed by atoms with Crippen molar-refractivity contribution < 1.29 is 4.74 Å². The van der Waals surface area contributed by atoms with Gasteiger partial charge in [0, 0.05) is 24.7 Å². The number of nitrogens with one attached hydrogen (secondary N) is 1. The van der Waals surface area contributed by atoms with Crippen molar-refractivity contribution in [1.82, 2.24) is 10.2 Å². The largest absolute Gasteiger partial charge is 0.375 e. The fraction of sp³-hybridized carbons (Fsp3) is 1.00. The Labute approximate surface area is 119 Å². The van der Waals surface area contributed by atoms with Gasteiger partial charge in [-0.05, 0) is 66.0 Å². The molecule has 1 saturated heterocycles. The summed E-state index contributed by atoms with van der Waals surface area (Å²) in [6.45, 7) is 5.47. The summed E-state index contributed by atoms with van der Waals surface area (Å²) in [6, 6.07) is 2.25. The van der Waals surface area contributed by atoms with E-state index < -0.39 is 0 Å². The van der Waals surface area contributed by atoms with Crippen LogP contribution in [0.1, 0.15) is 58.8 Å². The first-order valence-corrected chi connectivity index (χ1v) is 8.11. The van der Waals surface area contributed by atoms with Crippen LogP contribution in [-0.4, -0.2) is 49.3 Å². The maximum atomic E-state index is 5.98. The molecule has 19 heavy (non-hydrogen) atoms. The molecule has 1 N–H and O–H groups in total. The highest BCUT2D eigenvalue weighted by Crippen LogP contribution is 2.33. The topological polar surface area (TPSA) is 24.5 Å². The van der Waals surface area contributed by atoms with Gasteiger partial charge in [0.25, 0.3) is 0 Å². The van der Waals surface area contributed by atoms with Crippen molar-refractivity contribution in [3.8, 4) is 0 Å². The van der Waals surface area contributed by atoms with E-state index in [0.717, 1.165) is 31.2 Å². The second-order valence-electron chi connectivity index (χ2n) is 6.76. The average molecular weight is 268 g/mol. The molecule has 0 aromatic heterocycles. The van der Waals surface area contributed by atoms with E-state index in [2.05, 4.69) is 38.2 Å². The van der Waals surface area contributed by atoms with E-state index in [-0.39, 0.29) is 5.60 Å². The van der Waals surface area contributed by atoms with E-state index in [9.17, 15) is 0 Å². The van der Waals surface area contributed by atoms with Gasteiger partial charge < -0.3 is 15.0 Å². The van der Waals surface area contributed by atoms with Gasteiger partial charge in [0.15, 0.2) is 0 Å².